The topological polar surface area (TPSA) is 114 Å². The summed E-state index contributed by atoms with van der Waals surface area (Å²) < 4.78 is 3.73. The number of carboxylic acids is 1. The second kappa shape index (κ2) is 6.33. The predicted octanol–water partition coefficient (Wildman–Crippen LogP) is 0.0977. The molecule has 0 radical (unpaired) electrons. The highest BCUT2D eigenvalue weighted by Crippen LogP contribution is 2.10. The third-order valence-electron chi connectivity index (χ3n) is 1.37. The zero-order chi connectivity index (χ0) is 12.7. The van der Waals surface area contributed by atoms with Gasteiger partial charge in [-0.15, -0.1) is 0 Å². The molecule has 0 bridgehead atoms. The molecule has 0 unspecified atom stereocenters. The third-order valence-corrected chi connectivity index (χ3v) is 2.02. The summed E-state index contributed by atoms with van der Waals surface area (Å²) >= 11 is 0.836. The molecule has 1 heterocycles. The second-order valence-corrected chi connectivity index (χ2v) is 3.27. The van der Waals surface area contributed by atoms with E-state index in [0.717, 1.165) is 11.5 Å². The minimum Gasteiger partial charge on any atom is -0.476 e. The third kappa shape index (κ3) is 3.65. The van der Waals surface area contributed by atoms with Crippen molar-refractivity contribution in [1.29, 1.82) is 0 Å². The van der Waals surface area contributed by atoms with Crippen molar-refractivity contribution >= 4 is 34.8 Å². The Bertz CT molecular complexity index is 456. The Balaban J connectivity index is 2.88. The molecule has 9 heteroatoms. The van der Waals surface area contributed by atoms with E-state index < -0.39 is 11.7 Å². The maximum absolute atomic E-state index is 10.9. The number of aliphatic carboxylic acids is 1. The lowest BCUT2D eigenvalue weighted by molar-refractivity contribution is -0.129. The van der Waals surface area contributed by atoms with E-state index in [2.05, 4.69) is 31.2 Å². The van der Waals surface area contributed by atoms with Crippen LogP contribution in [0.4, 0.5) is 5.13 Å². The molecule has 0 fully saturated rings. The van der Waals surface area contributed by atoms with Crippen LogP contribution in [-0.2, 0) is 14.4 Å². The molecule has 0 spiro atoms. The Kier molecular flexibility index (Phi) is 4.76. The highest BCUT2D eigenvalue weighted by Gasteiger charge is 2.19. The Hall–Kier alpha value is -2.29. The number of nitrogens with one attached hydrogen (secondary N) is 1. The summed E-state index contributed by atoms with van der Waals surface area (Å²) in [7, 11) is 0. The fourth-order valence-corrected chi connectivity index (χ4v) is 1.29. The van der Waals surface area contributed by atoms with Crippen molar-refractivity contribution in [3.8, 4) is 0 Å². The Morgan fingerprint density at radius 3 is 3.06 bits per heavy atom. The van der Waals surface area contributed by atoms with Gasteiger partial charge in [0.15, 0.2) is 0 Å². The summed E-state index contributed by atoms with van der Waals surface area (Å²) in [6.07, 6.45) is 1.83. The van der Waals surface area contributed by atoms with Gasteiger partial charge in [0.05, 0.1) is 0 Å². The number of oxime groups is 1. The van der Waals surface area contributed by atoms with Crippen LogP contribution in [0.5, 0.6) is 0 Å². The van der Waals surface area contributed by atoms with E-state index in [9.17, 15) is 9.59 Å². The molecule has 0 saturated heterocycles. The van der Waals surface area contributed by atoms with Crippen molar-refractivity contribution in [2.24, 2.45) is 5.16 Å². The van der Waals surface area contributed by atoms with Gasteiger partial charge in [-0.3, -0.25) is 4.79 Å². The van der Waals surface area contributed by atoms with E-state index in [1.807, 2.05) is 0 Å². The quantitative estimate of drug-likeness (QED) is 0.235. The Morgan fingerprint density at radius 1 is 1.71 bits per heavy atom. The van der Waals surface area contributed by atoms with Gasteiger partial charge in [-0.05, 0) is 0 Å². The molecule has 0 atom stereocenters. The molecular weight excluding hydrogens is 248 g/mol. The number of anilines is 1. The number of carbonyl (C=O) groups excluding carboxylic acids is 1. The normalized spacial score (nSPS) is 10.7. The molecule has 1 amide bonds. The van der Waals surface area contributed by atoms with Crippen molar-refractivity contribution in [3.05, 3.63) is 18.5 Å². The lowest BCUT2D eigenvalue weighted by Crippen LogP contribution is -2.16. The molecule has 0 aromatic carbocycles. The molecule has 0 aliphatic heterocycles. The zero-order valence-electron chi connectivity index (χ0n) is 8.49. The van der Waals surface area contributed by atoms with E-state index in [1.54, 1.807) is 0 Å². The number of aromatic nitrogens is 2. The molecule has 17 heavy (non-hydrogen) atoms. The van der Waals surface area contributed by atoms with Gasteiger partial charge in [0.1, 0.15) is 6.61 Å². The van der Waals surface area contributed by atoms with Crippen LogP contribution in [0.1, 0.15) is 5.82 Å². The number of nitrogens with zero attached hydrogens (tertiary/aromatic N) is 3. The molecule has 0 aliphatic carbocycles. The van der Waals surface area contributed by atoms with Crippen LogP contribution >= 0.6 is 11.5 Å². The van der Waals surface area contributed by atoms with E-state index >= 15 is 0 Å². The number of carbonyl (C=O) groups is 2. The lowest BCUT2D eigenvalue weighted by atomic mass is 10.4. The number of rotatable bonds is 7. The first-order valence-electron chi connectivity index (χ1n) is 4.27. The number of hydrogen-bond donors (Lipinski definition) is 2. The van der Waals surface area contributed by atoms with Gasteiger partial charge in [0.25, 0.3) is 0 Å². The number of carboxylic acid groups (broad SMARTS) is 1. The molecule has 2 N–H and O–H groups in total. The van der Waals surface area contributed by atoms with Crippen molar-refractivity contribution in [2.75, 3.05) is 11.9 Å². The molecule has 90 valence electrons. The standard InChI is InChI=1S/C8H8N4O4S/c1-2-3-16-11-5(7(14)15)6-10-8(9-4-13)17-12-6/h2,4H,1,3H2,(H,14,15)(H,9,10,12,13)/b11-5-. The fraction of sp³-hybridized carbons (Fsp3) is 0.125. The summed E-state index contributed by atoms with van der Waals surface area (Å²) in [5, 5.41) is 14.7. The van der Waals surface area contributed by atoms with Gasteiger partial charge in [-0.1, -0.05) is 17.8 Å². The van der Waals surface area contributed by atoms with E-state index in [1.165, 1.54) is 6.08 Å². The Labute approximate surface area is 99.8 Å². The van der Waals surface area contributed by atoms with Crippen LogP contribution < -0.4 is 5.32 Å². The van der Waals surface area contributed by atoms with Gasteiger partial charge >= 0.3 is 5.97 Å². The monoisotopic (exact) mass is 256 g/mol. The minimum atomic E-state index is -1.33. The molecule has 1 aromatic heterocycles. The first-order chi connectivity index (χ1) is 8.19. The molecule has 0 aliphatic rings. The average Bonchev–Trinajstić information content (AvgIpc) is 2.73. The molecule has 8 nitrogen and oxygen atoms in total. The minimum absolute atomic E-state index is 0.0698. The number of hydrogen-bond acceptors (Lipinski definition) is 7. The highest BCUT2D eigenvalue weighted by molar-refractivity contribution is 7.10. The van der Waals surface area contributed by atoms with Gasteiger partial charge in [-0.2, -0.15) is 9.36 Å². The van der Waals surface area contributed by atoms with Crippen LogP contribution in [-0.4, -0.2) is 39.2 Å². The van der Waals surface area contributed by atoms with Crippen LogP contribution in [0, 0.1) is 0 Å². The van der Waals surface area contributed by atoms with Crippen LogP contribution in [0.15, 0.2) is 17.8 Å². The van der Waals surface area contributed by atoms with Gasteiger partial charge in [0, 0.05) is 11.5 Å². The summed E-state index contributed by atoms with van der Waals surface area (Å²) in [5.74, 6) is -1.46. The SMILES string of the molecule is C=CCO/N=C(\C(=O)O)c1nsc(NC=O)n1. The van der Waals surface area contributed by atoms with Crippen molar-refractivity contribution in [2.45, 2.75) is 0 Å². The fourth-order valence-electron chi connectivity index (χ4n) is 0.759. The first-order valence-corrected chi connectivity index (χ1v) is 5.04. The maximum atomic E-state index is 10.9. The maximum Gasteiger partial charge on any atom is 0.362 e. The van der Waals surface area contributed by atoms with E-state index in [-0.39, 0.29) is 17.6 Å². The van der Waals surface area contributed by atoms with Gasteiger partial charge in [0.2, 0.25) is 23.1 Å². The van der Waals surface area contributed by atoms with Crippen molar-refractivity contribution in [3.63, 3.8) is 0 Å². The predicted molar refractivity (Wildman–Crippen MR) is 59.9 cm³/mol. The van der Waals surface area contributed by atoms with Crippen molar-refractivity contribution < 1.29 is 19.5 Å². The Morgan fingerprint density at radius 2 is 2.47 bits per heavy atom. The average molecular weight is 256 g/mol. The molecule has 1 aromatic rings. The summed E-state index contributed by atoms with van der Waals surface area (Å²) in [6, 6.07) is 0. The largest absolute Gasteiger partial charge is 0.476 e. The number of amides is 1. The van der Waals surface area contributed by atoms with Crippen molar-refractivity contribution in [1.82, 2.24) is 9.36 Å². The highest BCUT2D eigenvalue weighted by atomic mass is 32.1. The van der Waals surface area contributed by atoms with E-state index in [0.29, 0.717) is 6.41 Å². The smallest absolute Gasteiger partial charge is 0.362 e. The van der Waals surface area contributed by atoms with E-state index in [4.69, 9.17) is 5.11 Å². The zero-order valence-corrected chi connectivity index (χ0v) is 9.31. The molecule has 0 saturated carbocycles. The second-order valence-electron chi connectivity index (χ2n) is 2.51. The lowest BCUT2D eigenvalue weighted by Gasteiger charge is -1.96. The summed E-state index contributed by atoms with van der Waals surface area (Å²) in [6.45, 7) is 3.45. The molecule has 1 rings (SSSR count). The van der Waals surface area contributed by atoms with Crippen LogP contribution in [0.2, 0.25) is 0 Å². The van der Waals surface area contributed by atoms with Gasteiger partial charge in [-0.25, -0.2) is 4.79 Å². The summed E-state index contributed by atoms with van der Waals surface area (Å²) in [5.41, 5.74) is -0.443. The first kappa shape index (κ1) is 12.8. The molecular formula is C8H8N4O4S. The van der Waals surface area contributed by atoms with Gasteiger partial charge < -0.3 is 15.3 Å². The van der Waals surface area contributed by atoms with Crippen LogP contribution in [0.25, 0.3) is 0 Å². The van der Waals surface area contributed by atoms with Crippen LogP contribution in [0.3, 0.4) is 0 Å². The summed E-state index contributed by atoms with van der Waals surface area (Å²) in [4.78, 5) is 29.4.